The molecule has 0 amide bonds. The Bertz CT molecular complexity index is 391. The van der Waals surface area contributed by atoms with Crippen molar-refractivity contribution in [2.24, 2.45) is 0 Å². The van der Waals surface area contributed by atoms with Crippen molar-refractivity contribution in [1.29, 1.82) is 5.26 Å². The fraction of sp³-hybridized carbons (Fsp3) is 0.364. The van der Waals surface area contributed by atoms with E-state index in [9.17, 15) is 0 Å². The molecule has 0 atom stereocenters. The Morgan fingerprint density at radius 3 is 2.73 bits per heavy atom. The van der Waals surface area contributed by atoms with Crippen molar-refractivity contribution >= 4 is 23.1 Å². The van der Waals surface area contributed by atoms with Gasteiger partial charge in [-0.25, -0.2) is 0 Å². The van der Waals surface area contributed by atoms with Crippen LogP contribution in [-0.4, -0.2) is 24.6 Å². The highest BCUT2D eigenvalue weighted by molar-refractivity contribution is 7.99. The van der Waals surface area contributed by atoms with Gasteiger partial charge >= 0.3 is 0 Å². The van der Waals surface area contributed by atoms with Crippen LogP contribution in [0, 0.1) is 11.3 Å². The molecule has 1 heterocycles. The van der Waals surface area contributed by atoms with E-state index in [1.165, 1.54) is 0 Å². The molecule has 0 radical (unpaired) electrons. The summed E-state index contributed by atoms with van der Waals surface area (Å²) in [5.41, 5.74) is 8.15. The van der Waals surface area contributed by atoms with Crippen LogP contribution in [0.4, 0.5) is 11.4 Å². The maximum absolute atomic E-state index is 8.89. The SMILES string of the molecule is N#Cc1cccc(N2CCSCC2)c1N. The zero-order valence-corrected chi connectivity index (χ0v) is 9.26. The lowest BCUT2D eigenvalue weighted by molar-refractivity contribution is 0.860. The molecule has 15 heavy (non-hydrogen) atoms. The van der Waals surface area contributed by atoms with Gasteiger partial charge in [0.2, 0.25) is 0 Å². The van der Waals surface area contributed by atoms with E-state index in [2.05, 4.69) is 11.0 Å². The summed E-state index contributed by atoms with van der Waals surface area (Å²) >= 11 is 1.96. The van der Waals surface area contributed by atoms with E-state index < -0.39 is 0 Å². The number of benzene rings is 1. The second kappa shape index (κ2) is 4.45. The van der Waals surface area contributed by atoms with Gasteiger partial charge in [-0.05, 0) is 12.1 Å². The van der Waals surface area contributed by atoms with E-state index >= 15 is 0 Å². The molecule has 4 heteroatoms. The molecule has 0 aromatic heterocycles. The van der Waals surface area contributed by atoms with Crippen molar-refractivity contribution in [2.45, 2.75) is 0 Å². The fourth-order valence-corrected chi connectivity index (χ4v) is 2.63. The minimum Gasteiger partial charge on any atom is -0.396 e. The third kappa shape index (κ3) is 2.02. The largest absolute Gasteiger partial charge is 0.396 e. The van der Waals surface area contributed by atoms with Gasteiger partial charge in [0.05, 0.1) is 16.9 Å². The smallest absolute Gasteiger partial charge is 0.101 e. The summed E-state index contributed by atoms with van der Waals surface area (Å²) in [7, 11) is 0. The molecule has 1 aromatic carbocycles. The maximum Gasteiger partial charge on any atom is 0.101 e. The lowest BCUT2D eigenvalue weighted by Gasteiger charge is -2.29. The average Bonchev–Trinajstić information content (AvgIpc) is 2.30. The van der Waals surface area contributed by atoms with Gasteiger partial charge in [-0.2, -0.15) is 17.0 Å². The van der Waals surface area contributed by atoms with Crippen molar-refractivity contribution in [3.8, 4) is 6.07 Å². The number of nitrogens with zero attached hydrogens (tertiary/aromatic N) is 2. The molecule has 0 bridgehead atoms. The van der Waals surface area contributed by atoms with E-state index in [4.69, 9.17) is 11.0 Å². The number of anilines is 2. The number of para-hydroxylation sites is 1. The summed E-state index contributed by atoms with van der Waals surface area (Å²) in [6.07, 6.45) is 0. The van der Waals surface area contributed by atoms with Crippen molar-refractivity contribution in [2.75, 3.05) is 35.2 Å². The van der Waals surface area contributed by atoms with E-state index in [1.54, 1.807) is 6.07 Å². The molecule has 2 rings (SSSR count). The quantitative estimate of drug-likeness (QED) is 0.730. The molecule has 0 spiro atoms. The minimum absolute atomic E-state index is 0.575. The standard InChI is InChI=1S/C11H13N3S/c12-8-9-2-1-3-10(11(9)13)14-4-6-15-7-5-14/h1-3H,4-7,13H2. The van der Waals surface area contributed by atoms with Gasteiger partial charge in [-0.15, -0.1) is 0 Å². The number of rotatable bonds is 1. The Kier molecular flexibility index (Phi) is 3.02. The van der Waals surface area contributed by atoms with Crippen LogP contribution in [0.15, 0.2) is 18.2 Å². The van der Waals surface area contributed by atoms with Gasteiger partial charge in [0.15, 0.2) is 0 Å². The molecule has 3 nitrogen and oxygen atoms in total. The van der Waals surface area contributed by atoms with Crippen molar-refractivity contribution < 1.29 is 0 Å². The summed E-state index contributed by atoms with van der Waals surface area (Å²) in [5.74, 6) is 2.27. The van der Waals surface area contributed by atoms with Crippen LogP contribution in [0.25, 0.3) is 0 Å². The average molecular weight is 219 g/mol. The summed E-state index contributed by atoms with van der Waals surface area (Å²) in [5, 5.41) is 8.89. The summed E-state index contributed by atoms with van der Waals surface area (Å²) in [6.45, 7) is 2.04. The van der Waals surface area contributed by atoms with E-state index in [0.717, 1.165) is 30.3 Å². The third-order valence-electron chi connectivity index (χ3n) is 2.56. The van der Waals surface area contributed by atoms with Crippen molar-refractivity contribution in [3.05, 3.63) is 23.8 Å². The van der Waals surface area contributed by atoms with Crippen LogP contribution in [0.1, 0.15) is 5.56 Å². The molecule has 0 saturated carbocycles. The van der Waals surface area contributed by atoms with E-state index in [-0.39, 0.29) is 0 Å². The van der Waals surface area contributed by atoms with Crippen molar-refractivity contribution in [3.63, 3.8) is 0 Å². The van der Waals surface area contributed by atoms with Gasteiger partial charge in [0, 0.05) is 24.6 Å². The minimum atomic E-state index is 0.575. The predicted octanol–water partition coefficient (Wildman–Crippen LogP) is 1.69. The molecule has 1 aliphatic rings. The number of nitrogens with two attached hydrogens (primary N) is 1. The molecule has 0 unspecified atom stereocenters. The van der Waals surface area contributed by atoms with Gasteiger partial charge in [0.25, 0.3) is 0 Å². The number of nitriles is 1. The van der Waals surface area contributed by atoms with Crippen LogP contribution in [0.5, 0.6) is 0 Å². The molecule has 1 aliphatic heterocycles. The highest BCUT2D eigenvalue weighted by Crippen LogP contribution is 2.28. The second-order valence-electron chi connectivity index (χ2n) is 3.45. The first kappa shape index (κ1) is 10.2. The van der Waals surface area contributed by atoms with Crippen LogP contribution in [0.2, 0.25) is 0 Å². The molecule has 2 N–H and O–H groups in total. The highest BCUT2D eigenvalue weighted by Gasteiger charge is 2.14. The first-order valence-electron chi connectivity index (χ1n) is 4.94. The van der Waals surface area contributed by atoms with Gasteiger partial charge in [-0.1, -0.05) is 6.07 Å². The highest BCUT2D eigenvalue weighted by atomic mass is 32.2. The monoisotopic (exact) mass is 219 g/mol. The van der Waals surface area contributed by atoms with E-state index in [1.807, 2.05) is 23.9 Å². The lowest BCUT2D eigenvalue weighted by atomic mass is 10.1. The van der Waals surface area contributed by atoms with E-state index in [0.29, 0.717) is 11.3 Å². The second-order valence-corrected chi connectivity index (χ2v) is 4.67. The fourth-order valence-electron chi connectivity index (χ4n) is 1.73. The number of nitrogen functional groups attached to an aromatic ring is 1. The maximum atomic E-state index is 8.89. The van der Waals surface area contributed by atoms with Crippen LogP contribution < -0.4 is 10.6 Å². The van der Waals surface area contributed by atoms with Crippen LogP contribution in [0.3, 0.4) is 0 Å². The van der Waals surface area contributed by atoms with Gasteiger partial charge < -0.3 is 10.6 Å². The van der Waals surface area contributed by atoms with Gasteiger partial charge in [0.1, 0.15) is 6.07 Å². The Hall–Kier alpha value is -1.34. The molecule has 1 aromatic rings. The summed E-state index contributed by atoms with van der Waals surface area (Å²) in [6, 6.07) is 7.77. The summed E-state index contributed by atoms with van der Waals surface area (Å²) < 4.78 is 0. The normalized spacial score (nSPS) is 16.1. The molecule has 0 aliphatic carbocycles. The van der Waals surface area contributed by atoms with Gasteiger partial charge in [-0.3, -0.25) is 0 Å². The number of hydrogen-bond acceptors (Lipinski definition) is 4. The van der Waals surface area contributed by atoms with Crippen molar-refractivity contribution in [1.82, 2.24) is 0 Å². The Labute approximate surface area is 93.9 Å². The molecular weight excluding hydrogens is 206 g/mol. The number of thioether (sulfide) groups is 1. The zero-order chi connectivity index (χ0) is 10.7. The first-order valence-corrected chi connectivity index (χ1v) is 6.09. The molecule has 1 fully saturated rings. The third-order valence-corrected chi connectivity index (χ3v) is 3.50. The topological polar surface area (TPSA) is 53.0 Å². The molecular formula is C11H13N3S. The number of hydrogen-bond donors (Lipinski definition) is 1. The predicted molar refractivity (Wildman–Crippen MR) is 65.1 cm³/mol. The first-order chi connectivity index (χ1) is 7.33. The van der Waals surface area contributed by atoms with Crippen LogP contribution in [-0.2, 0) is 0 Å². The molecule has 78 valence electrons. The molecule has 1 saturated heterocycles. The lowest BCUT2D eigenvalue weighted by Crippen LogP contribution is -2.33. The Morgan fingerprint density at radius 1 is 1.33 bits per heavy atom. The Balaban J connectivity index is 2.31. The zero-order valence-electron chi connectivity index (χ0n) is 8.44. The van der Waals surface area contributed by atoms with Crippen LogP contribution >= 0.6 is 11.8 Å². The Morgan fingerprint density at radius 2 is 2.07 bits per heavy atom. The summed E-state index contributed by atoms with van der Waals surface area (Å²) in [4.78, 5) is 2.26.